The van der Waals surface area contributed by atoms with Crippen LogP contribution in [0.5, 0.6) is 0 Å². The van der Waals surface area contributed by atoms with Crippen molar-refractivity contribution in [3.63, 3.8) is 0 Å². The van der Waals surface area contributed by atoms with Gasteiger partial charge in [0.05, 0.1) is 0 Å². The van der Waals surface area contributed by atoms with E-state index in [0.717, 1.165) is 12.8 Å². The lowest BCUT2D eigenvalue weighted by molar-refractivity contribution is -0.138. The van der Waals surface area contributed by atoms with E-state index in [4.69, 9.17) is 5.73 Å². The molecule has 0 aliphatic heterocycles. The molecule has 0 spiro atoms. The molecular formula is C10H19N3O4. The van der Waals surface area contributed by atoms with Gasteiger partial charge in [-0.15, -0.1) is 0 Å². The third-order valence-corrected chi connectivity index (χ3v) is 1.85. The summed E-state index contributed by atoms with van der Waals surface area (Å²) in [6, 6.07) is 0. The second-order valence-corrected chi connectivity index (χ2v) is 3.57. The summed E-state index contributed by atoms with van der Waals surface area (Å²) in [5, 5.41) is 2.66. The lowest BCUT2D eigenvalue weighted by Gasteiger charge is -2.04. The molecule has 0 atom stereocenters. The largest absolute Gasteiger partial charge is 0.368 e. The van der Waals surface area contributed by atoms with Crippen molar-refractivity contribution in [2.75, 3.05) is 13.2 Å². The smallest absolute Gasteiger partial charge is 0.246 e. The number of rotatable bonds is 9. The highest BCUT2D eigenvalue weighted by molar-refractivity contribution is 5.76. The SMILES string of the molecule is CC(=O)NCCCCCC(=O)NOCC(N)=O. The van der Waals surface area contributed by atoms with Gasteiger partial charge in [-0.05, 0) is 12.8 Å². The Morgan fingerprint density at radius 2 is 1.88 bits per heavy atom. The highest BCUT2D eigenvalue weighted by atomic mass is 16.7. The highest BCUT2D eigenvalue weighted by Crippen LogP contribution is 1.98. The first-order valence-corrected chi connectivity index (χ1v) is 5.45. The van der Waals surface area contributed by atoms with Crippen LogP contribution in [0.1, 0.15) is 32.6 Å². The van der Waals surface area contributed by atoms with Crippen molar-refractivity contribution >= 4 is 17.7 Å². The summed E-state index contributed by atoms with van der Waals surface area (Å²) >= 11 is 0. The summed E-state index contributed by atoms with van der Waals surface area (Å²) in [7, 11) is 0. The topological polar surface area (TPSA) is 111 Å². The molecule has 0 saturated carbocycles. The molecule has 0 bridgehead atoms. The Hall–Kier alpha value is -1.63. The van der Waals surface area contributed by atoms with Crippen molar-refractivity contribution in [1.82, 2.24) is 10.8 Å². The molecule has 0 saturated heterocycles. The fourth-order valence-electron chi connectivity index (χ4n) is 1.09. The molecule has 0 aliphatic rings. The minimum Gasteiger partial charge on any atom is -0.368 e. The van der Waals surface area contributed by atoms with E-state index in [2.05, 4.69) is 15.6 Å². The summed E-state index contributed by atoms with van der Waals surface area (Å²) in [5.41, 5.74) is 6.92. The molecule has 4 N–H and O–H groups in total. The minimum atomic E-state index is -0.638. The van der Waals surface area contributed by atoms with Gasteiger partial charge in [-0.3, -0.25) is 19.2 Å². The number of nitrogens with one attached hydrogen (secondary N) is 2. The molecule has 7 nitrogen and oxygen atoms in total. The van der Waals surface area contributed by atoms with Crippen molar-refractivity contribution in [3.05, 3.63) is 0 Å². The molecule has 98 valence electrons. The zero-order chi connectivity index (χ0) is 13.1. The monoisotopic (exact) mass is 245 g/mol. The van der Waals surface area contributed by atoms with E-state index >= 15 is 0 Å². The number of unbranched alkanes of at least 4 members (excludes halogenated alkanes) is 2. The number of nitrogens with two attached hydrogens (primary N) is 1. The van der Waals surface area contributed by atoms with E-state index < -0.39 is 5.91 Å². The summed E-state index contributed by atoms with van der Waals surface area (Å²) in [4.78, 5) is 36.5. The maximum atomic E-state index is 11.1. The van der Waals surface area contributed by atoms with E-state index in [1.165, 1.54) is 6.92 Å². The lowest BCUT2D eigenvalue weighted by Crippen LogP contribution is -2.29. The first-order valence-electron chi connectivity index (χ1n) is 5.45. The van der Waals surface area contributed by atoms with Crippen LogP contribution in [0.2, 0.25) is 0 Å². The lowest BCUT2D eigenvalue weighted by atomic mass is 10.2. The Morgan fingerprint density at radius 1 is 1.18 bits per heavy atom. The second-order valence-electron chi connectivity index (χ2n) is 3.57. The molecule has 17 heavy (non-hydrogen) atoms. The van der Waals surface area contributed by atoms with Crippen LogP contribution in [0.3, 0.4) is 0 Å². The molecule has 3 amide bonds. The first-order chi connectivity index (χ1) is 8.02. The molecule has 0 unspecified atom stereocenters. The third-order valence-electron chi connectivity index (χ3n) is 1.85. The van der Waals surface area contributed by atoms with Crippen LogP contribution in [-0.2, 0) is 19.2 Å². The summed E-state index contributed by atoms with van der Waals surface area (Å²) in [5.74, 6) is -0.978. The van der Waals surface area contributed by atoms with Gasteiger partial charge in [0.15, 0.2) is 6.61 Å². The van der Waals surface area contributed by atoms with Gasteiger partial charge in [0.2, 0.25) is 17.7 Å². The predicted molar refractivity (Wildman–Crippen MR) is 60.4 cm³/mol. The minimum absolute atomic E-state index is 0.0532. The molecule has 7 heteroatoms. The number of carbonyl (C=O) groups is 3. The van der Waals surface area contributed by atoms with Crippen LogP contribution in [0.25, 0.3) is 0 Å². The predicted octanol–water partition coefficient (Wildman–Crippen LogP) is -0.784. The number of carbonyl (C=O) groups excluding carboxylic acids is 3. The van der Waals surface area contributed by atoms with E-state index in [-0.39, 0.29) is 18.4 Å². The van der Waals surface area contributed by atoms with Gasteiger partial charge in [-0.1, -0.05) is 6.42 Å². The van der Waals surface area contributed by atoms with Gasteiger partial charge >= 0.3 is 0 Å². The first kappa shape index (κ1) is 15.4. The Morgan fingerprint density at radius 3 is 2.47 bits per heavy atom. The normalized spacial score (nSPS) is 9.71. The maximum absolute atomic E-state index is 11.1. The summed E-state index contributed by atoms with van der Waals surface area (Å²) in [6.07, 6.45) is 2.68. The highest BCUT2D eigenvalue weighted by Gasteiger charge is 2.02. The number of hydrogen-bond donors (Lipinski definition) is 3. The average Bonchev–Trinajstić information content (AvgIpc) is 2.22. The van der Waals surface area contributed by atoms with E-state index in [0.29, 0.717) is 19.4 Å². The fourth-order valence-corrected chi connectivity index (χ4v) is 1.09. The summed E-state index contributed by atoms with van der Waals surface area (Å²) < 4.78 is 0. The molecule has 0 aromatic carbocycles. The van der Waals surface area contributed by atoms with Crippen molar-refractivity contribution in [2.24, 2.45) is 5.73 Å². The van der Waals surface area contributed by atoms with Gasteiger partial charge in [-0.25, -0.2) is 5.48 Å². The van der Waals surface area contributed by atoms with Crippen molar-refractivity contribution in [3.8, 4) is 0 Å². The van der Waals surface area contributed by atoms with Crippen LogP contribution in [-0.4, -0.2) is 30.9 Å². The zero-order valence-electron chi connectivity index (χ0n) is 9.95. The Balaban J connectivity index is 3.27. The Labute approximate surface area is 100 Å². The third kappa shape index (κ3) is 12.3. The fraction of sp³-hybridized carbons (Fsp3) is 0.700. The summed E-state index contributed by atoms with van der Waals surface area (Å²) in [6.45, 7) is 1.76. The van der Waals surface area contributed by atoms with Gasteiger partial charge < -0.3 is 11.1 Å². The van der Waals surface area contributed by atoms with E-state index in [9.17, 15) is 14.4 Å². The van der Waals surface area contributed by atoms with Gasteiger partial charge in [0, 0.05) is 19.9 Å². The molecule has 0 aromatic rings. The van der Waals surface area contributed by atoms with Crippen LogP contribution >= 0.6 is 0 Å². The maximum Gasteiger partial charge on any atom is 0.246 e. The van der Waals surface area contributed by atoms with Crippen molar-refractivity contribution < 1.29 is 19.2 Å². The van der Waals surface area contributed by atoms with Crippen LogP contribution in [0.15, 0.2) is 0 Å². The second kappa shape index (κ2) is 9.59. The molecule has 0 rings (SSSR count). The number of hydroxylamine groups is 1. The Kier molecular flexibility index (Phi) is 8.67. The number of hydrogen-bond acceptors (Lipinski definition) is 4. The van der Waals surface area contributed by atoms with Crippen LogP contribution in [0.4, 0.5) is 0 Å². The van der Waals surface area contributed by atoms with Gasteiger partial charge in [0.25, 0.3) is 0 Å². The van der Waals surface area contributed by atoms with Crippen molar-refractivity contribution in [1.29, 1.82) is 0 Å². The quantitative estimate of drug-likeness (QED) is 0.365. The average molecular weight is 245 g/mol. The molecule has 0 aliphatic carbocycles. The Bertz CT molecular complexity index is 268. The molecule has 0 fully saturated rings. The molecular weight excluding hydrogens is 226 g/mol. The standard InChI is InChI=1S/C10H19N3O4/c1-8(14)12-6-4-2-3-5-10(16)13-17-7-9(11)15/h2-7H2,1H3,(H2,11,15)(H,12,14)(H,13,16). The van der Waals surface area contributed by atoms with E-state index in [1.807, 2.05) is 0 Å². The van der Waals surface area contributed by atoms with Crippen molar-refractivity contribution in [2.45, 2.75) is 32.6 Å². The number of amides is 3. The van der Waals surface area contributed by atoms with Crippen LogP contribution in [0, 0.1) is 0 Å². The molecule has 0 aromatic heterocycles. The molecule has 0 radical (unpaired) electrons. The van der Waals surface area contributed by atoms with Crippen LogP contribution < -0.4 is 16.5 Å². The molecule has 0 heterocycles. The number of primary amides is 1. The van der Waals surface area contributed by atoms with Gasteiger partial charge in [0.1, 0.15) is 0 Å². The van der Waals surface area contributed by atoms with E-state index in [1.54, 1.807) is 0 Å². The zero-order valence-corrected chi connectivity index (χ0v) is 9.95. The van der Waals surface area contributed by atoms with Gasteiger partial charge in [-0.2, -0.15) is 0 Å².